The highest BCUT2D eigenvalue weighted by molar-refractivity contribution is 5.77. The van der Waals surface area contributed by atoms with Gasteiger partial charge in [-0.05, 0) is 32.1 Å². The van der Waals surface area contributed by atoms with Gasteiger partial charge in [-0.2, -0.15) is 0 Å². The van der Waals surface area contributed by atoms with E-state index in [0.717, 1.165) is 55.3 Å². The Kier molecular flexibility index (Phi) is 5.43. The summed E-state index contributed by atoms with van der Waals surface area (Å²) < 4.78 is 7.01. The van der Waals surface area contributed by atoms with E-state index in [1.54, 1.807) is 19.5 Å². The van der Waals surface area contributed by atoms with E-state index >= 15 is 0 Å². The molecule has 134 valence electrons. The maximum Gasteiger partial charge on any atom is 0.248 e. The Balaban J connectivity index is 1.77. The Morgan fingerprint density at radius 2 is 2.12 bits per heavy atom. The zero-order valence-electron chi connectivity index (χ0n) is 15.1. The van der Waals surface area contributed by atoms with Gasteiger partial charge in [-0.3, -0.25) is 14.8 Å². The lowest BCUT2D eigenvalue weighted by Crippen LogP contribution is -2.42. The highest BCUT2D eigenvalue weighted by atomic mass is 16.5. The van der Waals surface area contributed by atoms with Crippen LogP contribution in [0.2, 0.25) is 0 Å². The zero-order chi connectivity index (χ0) is 17.8. The number of amides is 1. The van der Waals surface area contributed by atoms with Gasteiger partial charge in [0.15, 0.2) is 0 Å². The number of piperidine rings is 1. The summed E-state index contributed by atoms with van der Waals surface area (Å²) in [5.41, 5.74) is 2.83. The number of aromatic nitrogens is 4. The van der Waals surface area contributed by atoms with Crippen LogP contribution in [0.15, 0.2) is 18.6 Å². The minimum Gasteiger partial charge on any atom is -0.375 e. The average molecular weight is 343 g/mol. The highest BCUT2D eigenvalue weighted by Crippen LogP contribution is 2.26. The topological polar surface area (TPSA) is 73.1 Å². The summed E-state index contributed by atoms with van der Waals surface area (Å²) >= 11 is 0. The fourth-order valence-corrected chi connectivity index (χ4v) is 3.40. The molecule has 1 fully saturated rings. The van der Waals surface area contributed by atoms with Crippen LogP contribution in [-0.2, 0) is 23.0 Å². The lowest BCUT2D eigenvalue weighted by molar-refractivity contribution is -0.136. The monoisotopic (exact) mass is 343 g/mol. The lowest BCUT2D eigenvalue weighted by atomic mass is 9.92. The van der Waals surface area contributed by atoms with Crippen molar-refractivity contribution >= 4 is 5.91 Å². The number of methoxy groups -OCH3 is 1. The summed E-state index contributed by atoms with van der Waals surface area (Å²) in [6.45, 7) is 3.69. The molecule has 2 aromatic rings. The lowest BCUT2D eigenvalue weighted by Gasteiger charge is -2.32. The second-order valence-electron chi connectivity index (χ2n) is 6.59. The van der Waals surface area contributed by atoms with E-state index < -0.39 is 0 Å². The van der Waals surface area contributed by atoms with Crippen molar-refractivity contribution in [2.45, 2.75) is 26.2 Å². The van der Waals surface area contributed by atoms with Crippen LogP contribution >= 0.6 is 0 Å². The van der Waals surface area contributed by atoms with Gasteiger partial charge in [0.2, 0.25) is 5.91 Å². The highest BCUT2D eigenvalue weighted by Gasteiger charge is 2.25. The Morgan fingerprint density at radius 3 is 2.84 bits per heavy atom. The molecule has 2 aromatic heterocycles. The molecule has 1 aliphatic rings. The van der Waals surface area contributed by atoms with E-state index in [2.05, 4.69) is 15.0 Å². The fourth-order valence-electron chi connectivity index (χ4n) is 3.40. The Hall–Kier alpha value is -2.28. The van der Waals surface area contributed by atoms with Gasteiger partial charge in [0.05, 0.1) is 17.6 Å². The number of hydrogen-bond donors (Lipinski definition) is 0. The standard InChI is InChI=1S/C18H25N5O2/c1-13-21-10-16(22(13)2)18-15(19-6-7-20-18)9-14-5-4-8-23(11-14)17(24)12-25-3/h6-7,10,14H,4-5,8-9,11-12H2,1-3H3/t14-/m0/s1. The number of likely N-dealkylation sites (tertiary alicyclic amines) is 1. The molecule has 0 aromatic carbocycles. The van der Waals surface area contributed by atoms with Crippen LogP contribution < -0.4 is 0 Å². The molecule has 1 aliphatic heterocycles. The van der Waals surface area contributed by atoms with E-state index in [-0.39, 0.29) is 12.5 Å². The van der Waals surface area contributed by atoms with Gasteiger partial charge in [-0.15, -0.1) is 0 Å². The third-order valence-corrected chi connectivity index (χ3v) is 4.86. The van der Waals surface area contributed by atoms with E-state index in [0.29, 0.717) is 5.92 Å². The van der Waals surface area contributed by atoms with Crippen LogP contribution in [-0.4, -0.2) is 57.1 Å². The number of carbonyl (C=O) groups excluding carboxylic acids is 1. The second kappa shape index (κ2) is 7.74. The molecule has 0 unspecified atom stereocenters. The molecule has 0 radical (unpaired) electrons. The van der Waals surface area contributed by atoms with Crippen molar-refractivity contribution in [3.05, 3.63) is 30.1 Å². The number of imidazole rings is 1. The van der Waals surface area contributed by atoms with E-state index in [1.165, 1.54) is 0 Å². The fraction of sp³-hybridized carbons (Fsp3) is 0.556. The summed E-state index contributed by atoms with van der Waals surface area (Å²) in [5, 5.41) is 0. The van der Waals surface area contributed by atoms with Crippen LogP contribution in [0.5, 0.6) is 0 Å². The SMILES string of the molecule is COCC(=O)N1CCC[C@@H](Cc2nccnc2-c2cnc(C)n2C)C1. The predicted molar refractivity (Wildman–Crippen MR) is 93.9 cm³/mol. The largest absolute Gasteiger partial charge is 0.375 e. The Bertz CT molecular complexity index is 743. The van der Waals surface area contributed by atoms with Gasteiger partial charge in [0.25, 0.3) is 0 Å². The zero-order valence-corrected chi connectivity index (χ0v) is 15.1. The second-order valence-corrected chi connectivity index (χ2v) is 6.59. The first kappa shape index (κ1) is 17.5. The smallest absolute Gasteiger partial charge is 0.248 e. The van der Waals surface area contributed by atoms with E-state index in [9.17, 15) is 4.79 Å². The first-order valence-electron chi connectivity index (χ1n) is 8.65. The molecule has 25 heavy (non-hydrogen) atoms. The molecule has 0 spiro atoms. The first-order chi connectivity index (χ1) is 12.1. The molecule has 1 atom stereocenters. The Labute approximate surface area is 148 Å². The van der Waals surface area contributed by atoms with Crippen LogP contribution in [0.3, 0.4) is 0 Å². The van der Waals surface area contributed by atoms with Gasteiger partial charge in [-0.1, -0.05) is 0 Å². The van der Waals surface area contributed by atoms with Crippen molar-refractivity contribution in [3.8, 4) is 11.4 Å². The van der Waals surface area contributed by atoms with Gasteiger partial charge in [0.1, 0.15) is 18.1 Å². The van der Waals surface area contributed by atoms with Gasteiger partial charge in [-0.25, -0.2) is 4.98 Å². The summed E-state index contributed by atoms with van der Waals surface area (Å²) in [6, 6.07) is 0. The van der Waals surface area contributed by atoms with Gasteiger partial charge in [0, 0.05) is 39.6 Å². The maximum atomic E-state index is 12.1. The molecule has 1 amide bonds. The third-order valence-electron chi connectivity index (χ3n) is 4.86. The van der Waals surface area contributed by atoms with Crippen molar-refractivity contribution in [1.82, 2.24) is 24.4 Å². The first-order valence-corrected chi connectivity index (χ1v) is 8.65. The van der Waals surface area contributed by atoms with Crippen molar-refractivity contribution < 1.29 is 9.53 Å². The molecule has 0 aliphatic carbocycles. The number of ether oxygens (including phenoxy) is 1. The number of carbonyl (C=O) groups is 1. The summed E-state index contributed by atoms with van der Waals surface area (Å²) in [5.74, 6) is 1.40. The normalized spacial score (nSPS) is 17.7. The molecule has 1 saturated heterocycles. The van der Waals surface area contributed by atoms with Crippen molar-refractivity contribution in [2.75, 3.05) is 26.8 Å². The van der Waals surface area contributed by atoms with Crippen LogP contribution in [0, 0.1) is 12.8 Å². The molecule has 0 saturated carbocycles. The molecular formula is C18H25N5O2. The Morgan fingerprint density at radius 1 is 1.32 bits per heavy atom. The number of rotatable bonds is 5. The van der Waals surface area contributed by atoms with Crippen LogP contribution in [0.1, 0.15) is 24.4 Å². The molecule has 0 bridgehead atoms. The van der Waals surface area contributed by atoms with E-state index in [1.807, 2.05) is 29.6 Å². The average Bonchev–Trinajstić information content (AvgIpc) is 2.95. The predicted octanol–water partition coefficient (Wildman–Crippen LogP) is 1.61. The molecule has 3 heterocycles. The number of nitrogens with zero attached hydrogens (tertiary/aromatic N) is 5. The summed E-state index contributed by atoms with van der Waals surface area (Å²) in [6.07, 6.45) is 8.22. The minimum absolute atomic E-state index is 0.0637. The molecule has 7 nitrogen and oxygen atoms in total. The number of aryl methyl sites for hydroxylation is 1. The molecule has 7 heteroatoms. The van der Waals surface area contributed by atoms with Crippen LogP contribution in [0.25, 0.3) is 11.4 Å². The molecule has 3 rings (SSSR count). The van der Waals surface area contributed by atoms with Gasteiger partial charge < -0.3 is 14.2 Å². The summed E-state index contributed by atoms with van der Waals surface area (Å²) in [4.78, 5) is 27.5. The maximum absolute atomic E-state index is 12.1. The van der Waals surface area contributed by atoms with Crippen molar-refractivity contribution in [2.24, 2.45) is 13.0 Å². The van der Waals surface area contributed by atoms with E-state index in [4.69, 9.17) is 4.74 Å². The third kappa shape index (κ3) is 3.87. The quantitative estimate of drug-likeness (QED) is 0.825. The van der Waals surface area contributed by atoms with Crippen molar-refractivity contribution in [3.63, 3.8) is 0 Å². The summed E-state index contributed by atoms with van der Waals surface area (Å²) in [7, 11) is 3.54. The molecule has 0 N–H and O–H groups in total. The van der Waals surface area contributed by atoms with Gasteiger partial charge >= 0.3 is 0 Å². The van der Waals surface area contributed by atoms with Crippen molar-refractivity contribution in [1.29, 1.82) is 0 Å². The molecular weight excluding hydrogens is 318 g/mol. The van der Waals surface area contributed by atoms with Crippen LogP contribution in [0.4, 0.5) is 0 Å². The minimum atomic E-state index is 0.0637. The number of hydrogen-bond acceptors (Lipinski definition) is 5.